The van der Waals surface area contributed by atoms with Crippen LogP contribution in [0.4, 0.5) is 0 Å². The Kier molecular flexibility index (Phi) is 7.35. The van der Waals surface area contributed by atoms with Gasteiger partial charge in [0.25, 0.3) is 5.91 Å². The number of rotatable bonds is 9. The van der Waals surface area contributed by atoms with E-state index in [1.165, 1.54) is 18.4 Å². The van der Waals surface area contributed by atoms with Crippen molar-refractivity contribution in [2.45, 2.75) is 19.6 Å². The Labute approximate surface area is 173 Å². The van der Waals surface area contributed by atoms with Gasteiger partial charge in [0.1, 0.15) is 12.4 Å². The average molecular weight is 410 g/mol. The summed E-state index contributed by atoms with van der Waals surface area (Å²) in [5.41, 5.74) is 4.08. The Morgan fingerprint density at radius 3 is 2.66 bits per heavy atom. The largest absolute Gasteiger partial charge is 0.487 e. The Hall–Kier alpha value is -3.19. The molecule has 1 amide bonds. The summed E-state index contributed by atoms with van der Waals surface area (Å²) < 4.78 is 10.5. The fourth-order valence-electron chi connectivity index (χ4n) is 2.75. The molecule has 0 aliphatic rings. The fourth-order valence-corrected chi connectivity index (χ4v) is 3.30. The molecule has 1 aromatic heterocycles. The Bertz CT molecular complexity index is 929. The van der Waals surface area contributed by atoms with Crippen LogP contribution in [0.3, 0.4) is 0 Å². The molecule has 29 heavy (non-hydrogen) atoms. The number of nitrogens with zero attached hydrogens (tertiary/aromatic N) is 2. The van der Waals surface area contributed by atoms with Gasteiger partial charge in [-0.05, 0) is 23.8 Å². The molecule has 150 valence electrons. The van der Waals surface area contributed by atoms with Crippen molar-refractivity contribution < 1.29 is 19.1 Å². The van der Waals surface area contributed by atoms with E-state index < -0.39 is 0 Å². The van der Waals surface area contributed by atoms with Crippen LogP contribution in [0.2, 0.25) is 0 Å². The first kappa shape index (κ1) is 20.5. The molecular formula is C22H22N2O4S. The van der Waals surface area contributed by atoms with Gasteiger partial charge >= 0.3 is 5.97 Å². The lowest BCUT2D eigenvalue weighted by Crippen LogP contribution is -2.32. The van der Waals surface area contributed by atoms with Gasteiger partial charge < -0.3 is 14.4 Å². The first-order valence-electron chi connectivity index (χ1n) is 9.15. The summed E-state index contributed by atoms with van der Waals surface area (Å²) in [7, 11) is 1.34. The van der Waals surface area contributed by atoms with Gasteiger partial charge in [0.15, 0.2) is 0 Å². The van der Waals surface area contributed by atoms with Crippen LogP contribution in [-0.2, 0) is 22.7 Å². The lowest BCUT2D eigenvalue weighted by molar-refractivity contribution is -0.140. The predicted octanol–water partition coefficient (Wildman–Crippen LogP) is 3.93. The van der Waals surface area contributed by atoms with E-state index in [0.29, 0.717) is 24.5 Å². The number of benzene rings is 2. The number of carbonyl (C=O) groups excluding carboxylic acids is 2. The maximum absolute atomic E-state index is 13.1. The van der Waals surface area contributed by atoms with Crippen molar-refractivity contribution in [3.63, 3.8) is 0 Å². The molecule has 0 spiro atoms. The third-order valence-corrected chi connectivity index (χ3v) is 4.90. The van der Waals surface area contributed by atoms with Gasteiger partial charge in [-0.1, -0.05) is 36.4 Å². The summed E-state index contributed by atoms with van der Waals surface area (Å²) in [5, 5.41) is 1.92. The smallest absolute Gasteiger partial charge is 0.307 e. The monoisotopic (exact) mass is 410 g/mol. The first-order chi connectivity index (χ1) is 14.2. The minimum absolute atomic E-state index is 0.134. The lowest BCUT2D eigenvalue weighted by atomic mass is 10.1. The average Bonchev–Trinajstić information content (AvgIpc) is 3.29. The summed E-state index contributed by atoms with van der Waals surface area (Å²) >= 11 is 1.51. The molecular weight excluding hydrogens is 388 g/mol. The number of esters is 1. The first-order valence-corrected chi connectivity index (χ1v) is 10.1. The third-order valence-electron chi connectivity index (χ3n) is 4.27. The lowest BCUT2D eigenvalue weighted by Gasteiger charge is -2.23. The quantitative estimate of drug-likeness (QED) is 0.500. The van der Waals surface area contributed by atoms with Crippen molar-refractivity contribution in [1.29, 1.82) is 0 Å². The van der Waals surface area contributed by atoms with Crippen LogP contribution in [0.25, 0.3) is 0 Å². The Balaban J connectivity index is 1.73. The molecule has 7 heteroatoms. The van der Waals surface area contributed by atoms with Gasteiger partial charge in [-0.15, -0.1) is 11.3 Å². The molecule has 0 fully saturated rings. The predicted molar refractivity (Wildman–Crippen MR) is 111 cm³/mol. The highest BCUT2D eigenvalue weighted by atomic mass is 32.1. The second-order valence-electron chi connectivity index (χ2n) is 6.33. The van der Waals surface area contributed by atoms with Gasteiger partial charge in [-0.2, -0.15) is 0 Å². The van der Waals surface area contributed by atoms with Gasteiger partial charge in [0, 0.05) is 24.0 Å². The normalized spacial score (nSPS) is 10.4. The number of aromatic nitrogens is 1. The van der Waals surface area contributed by atoms with Gasteiger partial charge in [0.2, 0.25) is 0 Å². The maximum atomic E-state index is 13.1. The minimum Gasteiger partial charge on any atom is -0.487 e. The molecule has 0 saturated heterocycles. The molecule has 0 aliphatic carbocycles. The molecule has 0 atom stereocenters. The van der Waals surface area contributed by atoms with E-state index in [2.05, 4.69) is 4.98 Å². The van der Waals surface area contributed by atoms with E-state index in [-0.39, 0.29) is 24.8 Å². The topological polar surface area (TPSA) is 68.7 Å². The third kappa shape index (κ3) is 6.15. The van der Waals surface area contributed by atoms with Gasteiger partial charge in [-0.3, -0.25) is 9.59 Å². The van der Waals surface area contributed by atoms with E-state index in [0.717, 1.165) is 11.3 Å². The van der Waals surface area contributed by atoms with Gasteiger partial charge in [-0.25, -0.2) is 4.98 Å². The molecule has 0 bridgehead atoms. The zero-order valence-corrected chi connectivity index (χ0v) is 16.9. The zero-order chi connectivity index (χ0) is 20.5. The number of hydrogen-bond donors (Lipinski definition) is 0. The van der Waals surface area contributed by atoms with Gasteiger partial charge in [0.05, 0.1) is 24.7 Å². The molecule has 3 aromatic rings. The van der Waals surface area contributed by atoms with Crippen LogP contribution in [0.5, 0.6) is 5.75 Å². The van der Waals surface area contributed by atoms with E-state index in [9.17, 15) is 9.59 Å². The highest BCUT2D eigenvalue weighted by Crippen LogP contribution is 2.18. The molecule has 3 rings (SSSR count). The zero-order valence-electron chi connectivity index (χ0n) is 16.1. The standard InChI is InChI=1S/C22H22N2O4S/c1-27-21(25)10-11-24(13-17-6-3-2-4-7-17)22(26)18-8-5-9-20(12-18)28-14-19-15-29-16-23-19/h2-9,12,15-16H,10-11,13-14H2,1H3. The number of amides is 1. The van der Waals surface area contributed by atoms with Crippen molar-refractivity contribution in [1.82, 2.24) is 9.88 Å². The highest BCUT2D eigenvalue weighted by molar-refractivity contribution is 7.07. The van der Waals surface area contributed by atoms with Crippen LogP contribution in [0.1, 0.15) is 28.0 Å². The highest BCUT2D eigenvalue weighted by Gasteiger charge is 2.18. The SMILES string of the molecule is COC(=O)CCN(Cc1ccccc1)C(=O)c1cccc(OCc2cscn2)c1. The molecule has 0 saturated carbocycles. The van der Waals surface area contributed by atoms with E-state index in [4.69, 9.17) is 9.47 Å². The molecule has 1 heterocycles. The maximum Gasteiger partial charge on any atom is 0.307 e. The van der Waals surface area contributed by atoms with Crippen molar-refractivity contribution in [2.75, 3.05) is 13.7 Å². The number of ether oxygens (including phenoxy) is 2. The summed E-state index contributed by atoms with van der Waals surface area (Å²) in [6.45, 7) is 1.02. The number of carbonyl (C=O) groups is 2. The number of thiazole rings is 1. The van der Waals surface area contributed by atoms with E-state index in [1.807, 2.05) is 35.7 Å². The van der Waals surface area contributed by atoms with Crippen molar-refractivity contribution >= 4 is 23.2 Å². The van der Waals surface area contributed by atoms with Crippen molar-refractivity contribution in [3.05, 3.63) is 82.3 Å². The van der Waals surface area contributed by atoms with Crippen LogP contribution in [0.15, 0.2) is 65.5 Å². The summed E-state index contributed by atoms with van der Waals surface area (Å²) in [6.07, 6.45) is 0.134. The van der Waals surface area contributed by atoms with Crippen LogP contribution >= 0.6 is 11.3 Å². The minimum atomic E-state index is -0.351. The van der Waals surface area contributed by atoms with Crippen LogP contribution in [0, 0.1) is 0 Å². The van der Waals surface area contributed by atoms with Crippen molar-refractivity contribution in [2.24, 2.45) is 0 Å². The second-order valence-corrected chi connectivity index (χ2v) is 7.05. The molecule has 0 unspecified atom stereocenters. The Morgan fingerprint density at radius 1 is 1.10 bits per heavy atom. The Morgan fingerprint density at radius 2 is 1.93 bits per heavy atom. The summed E-state index contributed by atoms with van der Waals surface area (Å²) in [5.74, 6) is 0.0737. The van der Waals surface area contributed by atoms with Crippen LogP contribution in [-0.4, -0.2) is 35.4 Å². The summed E-state index contributed by atoms with van der Waals surface area (Å²) in [6, 6.07) is 16.7. The molecule has 0 N–H and O–H groups in total. The number of methoxy groups -OCH3 is 1. The molecule has 0 aliphatic heterocycles. The molecule has 0 radical (unpaired) electrons. The molecule has 2 aromatic carbocycles. The summed E-state index contributed by atoms with van der Waals surface area (Å²) in [4.78, 5) is 30.6. The van der Waals surface area contributed by atoms with Crippen molar-refractivity contribution in [3.8, 4) is 5.75 Å². The second kappa shape index (κ2) is 10.4. The van der Waals surface area contributed by atoms with E-state index >= 15 is 0 Å². The van der Waals surface area contributed by atoms with E-state index in [1.54, 1.807) is 34.7 Å². The molecule has 6 nitrogen and oxygen atoms in total. The number of hydrogen-bond acceptors (Lipinski definition) is 6. The fraction of sp³-hybridized carbons (Fsp3) is 0.227. The van der Waals surface area contributed by atoms with Crippen LogP contribution < -0.4 is 4.74 Å².